The SMILES string of the molecule is CC(COc1ccc(S(C)(=O)=O)cc1)CC(C)(C)C. The molecule has 1 atom stereocenters. The summed E-state index contributed by atoms with van der Waals surface area (Å²) in [5.41, 5.74) is 0.295. The Bertz CT molecular complexity index is 495. The lowest BCUT2D eigenvalue weighted by molar-refractivity contribution is 0.207. The van der Waals surface area contributed by atoms with Gasteiger partial charge in [0.15, 0.2) is 9.84 Å². The number of hydrogen-bond donors (Lipinski definition) is 0. The van der Waals surface area contributed by atoms with Gasteiger partial charge in [-0.05, 0) is 42.0 Å². The van der Waals surface area contributed by atoms with Crippen molar-refractivity contribution in [3.05, 3.63) is 24.3 Å². The highest BCUT2D eigenvalue weighted by molar-refractivity contribution is 7.90. The van der Waals surface area contributed by atoms with Crippen molar-refractivity contribution in [3.8, 4) is 5.75 Å². The molecule has 0 saturated heterocycles. The Hall–Kier alpha value is -1.03. The second-order valence-electron chi connectivity index (χ2n) is 6.42. The maximum absolute atomic E-state index is 11.3. The fraction of sp³-hybridized carbons (Fsp3) is 0.600. The molecule has 0 saturated carbocycles. The van der Waals surface area contributed by atoms with Crippen LogP contribution in [0.25, 0.3) is 0 Å². The zero-order chi connectivity index (χ0) is 14.7. The third-order valence-electron chi connectivity index (χ3n) is 2.75. The molecule has 0 amide bonds. The average molecular weight is 284 g/mol. The van der Waals surface area contributed by atoms with Crippen molar-refractivity contribution in [2.75, 3.05) is 12.9 Å². The summed E-state index contributed by atoms with van der Waals surface area (Å²) >= 11 is 0. The molecule has 1 aromatic carbocycles. The molecule has 1 rings (SSSR count). The molecule has 0 spiro atoms. The lowest BCUT2D eigenvalue weighted by atomic mass is 9.86. The molecule has 3 nitrogen and oxygen atoms in total. The van der Waals surface area contributed by atoms with Crippen LogP contribution in [0, 0.1) is 11.3 Å². The Morgan fingerprint density at radius 1 is 1.16 bits per heavy atom. The van der Waals surface area contributed by atoms with Crippen LogP contribution in [0.3, 0.4) is 0 Å². The van der Waals surface area contributed by atoms with Gasteiger partial charge in [0.05, 0.1) is 11.5 Å². The van der Waals surface area contributed by atoms with Crippen LogP contribution in [0.4, 0.5) is 0 Å². The van der Waals surface area contributed by atoms with Crippen molar-refractivity contribution in [2.24, 2.45) is 11.3 Å². The Labute approximate surface area is 116 Å². The van der Waals surface area contributed by atoms with Crippen LogP contribution in [0.1, 0.15) is 34.1 Å². The van der Waals surface area contributed by atoms with Crippen molar-refractivity contribution < 1.29 is 13.2 Å². The van der Waals surface area contributed by atoms with E-state index in [-0.39, 0.29) is 0 Å². The summed E-state index contributed by atoms with van der Waals surface area (Å²) in [5, 5.41) is 0. The summed E-state index contributed by atoms with van der Waals surface area (Å²) in [6.45, 7) is 9.45. The zero-order valence-corrected chi connectivity index (χ0v) is 13.3. The van der Waals surface area contributed by atoms with Crippen molar-refractivity contribution in [3.63, 3.8) is 0 Å². The quantitative estimate of drug-likeness (QED) is 0.830. The topological polar surface area (TPSA) is 43.4 Å². The maximum Gasteiger partial charge on any atom is 0.175 e. The van der Waals surface area contributed by atoms with Crippen molar-refractivity contribution >= 4 is 9.84 Å². The normalized spacial score (nSPS) is 14.2. The van der Waals surface area contributed by atoms with Crippen LogP contribution in [0.15, 0.2) is 29.2 Å². The molecule has 0 N–H and O–H groups in total. The highest BCUT2D eigenvalue weighted by Gasteiger charge is 2.15. The molecule has 0 aliphatic rings. The molecule has 1 unspecified atom stereocenters. The Morgan fingerprint density at radius 2 is 1.68 bits per heavy atom. The van der Waals surface area contributed by atoms with Gasteiger partial charge in [-0.25, -0.2) is 8.42 Å². The number of sulfone groups is 1. The first-order chi connectivity index (χ1) is 8.58. The Balaban J connectivity index is 2.55. The molecular formula is C15H24O3S. The number of hydrogen-bond acceptors (Lipinski definition) is 3. The summed E-state index contributed by atoms with van der Waals surface area (Å²) in [4.78, 5) is 0.322. The third-order valence-corrected chi connectivity index (χ3v) is 3.88. The summed E-state index contributed by atoms with van der Waals surface area (Å²) in [6, 6.07) is 6.58. The van der Waals surface area contributed by atoms with Crippen LogP contribution in [-0.2, 0) is 9.84 Å². The molecule has 0 fully saturated rings. The minimum absolute atomic E-state index is 0.295. The van der Waals surface area contributed by atoms with Crippen molar-refractivity contribution in [1.29, 1.82) is 0 Å². The molecule has 0 aromatic heterocycles. The molecule has 0 aliphatic carbocycles. The van der Waals surface area contributed by atoms with Crippen molar-refractivity contribution in [1.82, 2.24) is 0 Å². The van der Waals surface area contributed by atoms with E-state index in [4.69, 9.17) is 4.74 Å². The van der Waals surface area contributed by atoms with Crippen molar-refractivity contribution in [2.45, 2.75) is 39.0 Å². The summed E-state index contributed by atoms with van der Waals surface area (Å²) in [7, 11) is -3.13. The van der Waals surface area contributed by atoms with Crippen LogP contribution in [0.5, 0.6) is 5.75 Å². The molecule has 0 heterocycles. The molecule has 108 valence electrons. The van der Waals surface area contributed by atoms with Crippen LogP contribution >= 0.6 is 0 Å². The van der Waals surface area contributed by atoms with Crippen LogP contribution < -0.4 is 4.74 Å². The first kappa shape index (κ1) is 16.0. The van der Waals surface area contributed by atoms with E-state index in [0.29, 0.717) is 28.6 Å². The molecule has 19 heavy (non-hydrogen) atoms. The molecule has 0 radical (unpaired) electrons. The van der Waals surface area contributed by atoms with Gasteiger partial charge in [-0.15, -0.1) is 0 Å². The molecule has 4 heteroatoms. The number of rotatable bonds is 5. The summed E-state index contributed by atoms with van der Waals surface area (Å²) in [5.74, 6) is 1.18. The smallest absolute Gasteiger partial charge is 0.175 e. The predicted molar refractivity (Wildman–Crippen MR) is 78.3 cm³/mol. The second-order valence-corrected chi connectivity index (χ2v) is 8.44. The van der Waals surface area contributed by atoms with Crippen LogP contribution in [-0.4, -0.2) is 21.3 Å². The van der Waals surface area contributed by atoms with E-state index in [1.807, 2.05) is 0 Å². The van der Waals surface area contributed by atoms with Gasteiger partial charge in [-0.1, -0.05) is 27.7 Å². The third kappa shape index (κ3) is 6.10. The maximum atomic E-state index is 11.3. The molecule has 0 aliphatic heterocycles. The fourth-order valence-electron chi connectivity index (χ4n) is 2.13. The highest BCUT2D eigenvalue weighted by Crippen LogP contribution is 2.25. The first-order valence-electron chi connectivity index (χ1n) is 6.51. The highest BCUT2D eigenvalue weighted by atomic mass is 32.2. The lowest BCUT2D eigenvalue weighted by Gasteiger charge is -2.23. The summed E-state index contributed by atoms with van der Waals surface area (Å²) < 4.78 is 28.3. The van der Waals surface area contributed by atoms with Gasteiger partial charge in [-0.3, -0.25) is 0 Å². The van der Waals surface area contributed by atoms with Gasteiger partial charge in [0.2, 0.25) is 0 Å². The lowest BCUT2D eigenvalue weighted by Crippen LogP contribution is -2.16. The van der Waals surface area contributed by atoms with E-state index in [2.05, 4.69) is 27.7 Å². The number of benzene rings is 1. The largest absolute Gasteiger partial charge is 0.493 e. The van der Waals surface area contributed by atoms with E-state index >= 15 is 0 Å². The second kappa shape index (κ2) is 5.95. The van der Waals surface area contributed by atoms with Gasteiger partial charge in [-0.2, -0.15) is 0 Å². The average Bonchev–Trinajstić information content (AvgIpc) is 2.23. The Morgan fingerprint density at radius 3 is 2.11 bits per heavy atom. The van der Waals surface area contributed by atoms with Crippen LogP contribution in [0.2, 0.25) is 0 Å². The minimum Gasteiger partial charge on any atom is -0.493 e. The van der Waals surface area contributed by atoms with Gasteiger partial charge in [0.25, 0.3) is 0 Å². The standard InChI is InChI=1S/C15H24O3S/c1-12(10-15(2,3)4)11-18-13-6-8-14(9-7-13)19(5,16)17/h6-9,12H,10-11H2,1-5H3. The monoisotopic (exact) mass is 284 g/mol. The van der Waals surface area contributed by atoms with E-state index < -0.39 is 9.84 Å². The van der Waals surface area contributed by atoms with Gasteiger partial charge in [0.1, 0.15) is 5.75 Å². The van der Waals surface area contributed by atoms with E-state index in [1.165, 1.54) is 6.26 Å². The van der Waals surface area contributed by atoms with Gasteiger partial charge < -0.3 is 4.74 Å². The van der Waals surface area contributed by atoms with Gasteiger partial charge in [0, 0.05) is 6.26 Å². The predicted octanol–water partition coefficient (Wildman–Crippen LogP) is 3.54. The Kier molecular flexibility index (Phi) is 5.02. The molecule has 1 aromatic rings. The van der Waals surface area contributed by atoms with E-state index in [0.717, 1.165) is 6.42 Å². The minimum atomic E-state index is -3.13. The van der Waals surface area contributed by atoms with Gasteiger partial charge >= 0.3 is 0 Å². The summed E-state index contributed by atoms with van der Waals surface area (Å²) in [6.07, 6.45) is 2.29. The zero-order valence-electron chi connectivity index (χ0n) is 12.4. The fourth-order valence-corrected chi connectivity index (χ4v) is 2.76. The van der Waals surface area contributed by atoms with E-state index in [1.54, 1.807) is 24.3 Å². The number of ether oxygens (including phenoxy) is 1. The molecular weight excluding hydrogens is 260 g/mol. The first-order valence-corrected chi connectivity index (χ1v) is 8.40. The molecule has 0 bridgehead atoms. The van der Waals surface area contributed by atoms with E-state index in [9.17, 15) is 8.42 Å².